The number of carbonyl (C=O) groups is 1. The Labute approximate surface area is 115 Å². The molecule has 19 heavy (non-hydrogen) atoms. The van der Waals surface area contributed by atoms with E-state index in [1.165, 1.54) is 0 Å². The van der Waals surface area contributed by atoms with Crippen LogP contribution in [0.25, 0.3) is 0 Å². The van der Waals surface area contributed by atoms with Crippen molar-refractivity contribution in [3.05, 3.63) is 23.4 Å². The highest BCUT2D eigenvalue weighted by Crippen LogP contribution is 2.62. The quantitative estimate of drug-likeness (QED) is 0.879. The lowest BCUT2D eigenvalue weighted by molar-refractivity contribution is 0.0943. The predicted octanol–water partition coefficient (Wildman–Crippen LogP) is 2.60. The highest BCUT2D eigenvalue weighted by Gasteiger charge is 2.65. The third-order valence-electron chi connectivity index (χ3n) is 4.77. The summed E-state index contributed by atoms with van der Waals surface area (Å²) in [5, 5.41) is 6.11. The topological polar surface area (TPSA) is 54.0 Å². The normalized spacial score (nSPS) is 19.9. The SMILES string of the molecule is CNc1cc(C(=O)NC2C(C)(C)C2(C)C)cc(C)n1. The minimum absolute atomic E-state index is 0.0225. The first-order valence-electron chi connectivity index (χ1n) is 6.67. The van der Waals surface area contributed by atoms with E-state index >= 15 is 0 Å². The van der Waals surface area contributed by atoms with Gasteiger partial charge in [-0.05, 0) is 29.9 Å². The molecule has 4 heteroatoms. The van der Waals surface area contributed by atoms with Crippen LogP contribution in [0, 0.1) is 17.8 Å². The van der Waals surface area contributed by atoms with Crippen molar-refractivity contribution in [2.24, 2.45) is 10.8 Å². The lowest BCUT2D eigenvalue weighted by Crippen LogP contribution is -2.30. The number of hydrogen-bond acceptors (Lipinski definition) is 3. The van der Waals surface area contributed by atoms with Gasteiger partial charge in [0, 0.05) is 24.3 Å². The molecule has 0 aromatic carbocycles. The summed E-state index contributed by atoms with van der Waals surface area (Å²) in [4.78, 5) is 16.6. The Balaban J connectivity index is 2.16. The highest BCUT2D eigenvalue weighted by molar-refractivity contribution is 5.95. The number of aryl methyl sites for hydroxylation is 1. The second-order valence-corrected chi connectivity index (χ2v) is 6.48. The molecule has 1 saturated carbocycles. The average Bonchev–Trinajstić information content (AvgIpc) is 2.70. The molecule has 4 nitrogen and oxygen atoms in total. The van der Waals surface area contributed by atoms with Crippen LogP contribution in [0.1, 0.15) is 43.7 Å². The molecule has 2 N–H and O–H groups in total. The molecule has 0 unspecified atom stereocenters. The standard InChI is InChI=1S/C15H23N3O/c1-9-7-10(8-11(16-6)17-9)12(19)18-13-14(2,3)15(13,4)5/h7-8,13H,1-6H3,(H,16,17)(H,18,19). The van der Waals surface area contributed by atoms with Crippen LogP contribution in [0.2, 0.25) is 0 Å². The molecular formula is C15H23N3O. The van der Waals surface area contributed by atoms with Crippen molar-refractivity contribution >= 4 is 11.7 Å². The van der Waals surface area contributed by atoms with E-state index in [9.17, 15) is 4.79 Å². The van der Waals surface area contributed by atoms with Gasteiger partial charge in [0.25, 0.3) is 5.91 Å². The minimum Gasteiger partial charge on any atom is -0.373 e. The van der Waals surface area contributed by atoms with Crippen LogP contribution in [0.5, 0.6) is 0 Å². The number of amides is 1. The van der Waals surface area contributed by atoms with E-state index in [4.69, 9.17) is 0 Å². The van der Waals surface area contributed by atoms with Gasteiger partial charge in [0.05, 0.1) is 0 Å². The summed E-state index contributed by atoms with van der Waals surface area (Å²) in [5.74, 6) is 0.699. The number of nitrogens with one attached hydrogen (secondary N) is 2. The van der Waals surface area contributed by atoms with E-state index in [1.807, 2.05) is 13.0 Å². The first-order valence-corrected chi connectivity index (χ1v) is 6.67. The van der Waals surface area contributed by atoms with Crippen LogP contribution in [0.15, 0.2) is 12.1 Å². The Morgan fingerprint density at radius 2 is 1.79 bits per heavy atom. The van der Waals surface area contributed by atoms with Gasteiger partial charge in [0.15, 0.2) is 0 Å². The maximum Gasteiger partial charge on any atom is 0.251 e. The molecule has 1 heterocycles. The number of nitrogens with zero attached hydrogens (tertiary/aromatic N) is 1. The van der Waals surface area contributed by atoms with Gasteiger partial charge in [-0.25, -0.2) is 4.98 Å². The number of pyridine rings is 1. The number of anilines is 1. The lowest BCUT2D eigenvalue weighted by Gasteiger charge is -2.09. The largest absolute Gasteiger partial charge is 0.373 e. The molecule has 0 atom stereocenters. The van der Waals surface area contributed by atoms with Crippen LogP contribution < -0.4 is 10.6 Å². The molecule has 1 aliphatic carbocycles. The van der Waals surface area contributed by atoms with Gasteiger partial charge in [-0.15, -0.1) is 0 Å². The predicted molar refractivity (Wildman–Crippen MR) is 77.3 cm³/mol. The van der Waals surface area contributed by atoms with Gasteiger partial charge >= 0.3 is 0 Å². The molecule has 0 saturated heterocycles. The fourth-order valence-corrected chi connectivity index (χ4v) is 2.70. The Hall–Kier alpha value is -1.58. The van der Waals surface area contributed by atoms with Crippen molar-refractivity contribution in [3.63, 3.8) is 0 Å². The summed E-state index contributed by atoms with van der Waals surface area (Å²) in [5.41, 5.74) is 1.80. The highest BCUT2D eigenvalue weighted by atomic mass is 16.1. The fourth-order valence-electron chi connectivity index (χ4n) is 2.70. The molecule has 1 amide bonds. The van der Waals surface area contributed by atoms with Crippen LogP contribution in [-0.2, 0) is 0 Å². The number of hydrogen-bond donors (Lipinski definition) is 2. The van der Waals surface area contributed by atoms with Gasteiger partial charge in [0.1, 0.15) is 5.82 Å². The number of carbonyl (C=O) groups excluding carboxylic acids is 1. The van der Waals surface area contributed by atoms with Crippen molar-refractivity contribution in [1.82, 2.24) is 10.3 Å². The van der Waals surface area contributed by atoms with Crippen LogP contribution in [0.4, 0.5) is 5.82 Å². The van der Waals surface area contributed by atoms with Gasteiger partial charge in [-0.3, -0.25) is 4.79 Å². The zero-order valence-electron chi connectivity index (χ0n) is 12.6. The van der Waals surface area contributed by atoms with Gasteiger partial charge in [-0.1, -0.05) is 27.7 Å². The molecule has 0 radical (unpaired) electrons. The van der Waals surface area contributed by atoms with Gasteiger partial charge in [0.2, 0.25) is 0 Å². The second-order valence-electron chi connectivity index (χ2n) is 6.48. The van der Waals surface area contributed by atoms with E-state index in [0.717, 1.165) is 11.5 Å². The van der Waals surface area contributed by atoms with Crippen molar-refractivity contribution in [2.75, 3.05) is 12.4 Å². The molecule has 0 spiro atoms. The molecular weight excluding hydrogens is 238 g/mol. The van der Waals surface area contributed by atoms with Crippen LogP contribution in [0.3, 0.4) is 0 Å². The van der Waals surface area contributed by atoms with Gasteiger partial charge < -0.3 is 10.6 Å². The minimum atomic E-state index is -0.0225. The molecule has 1 aromatic rings. The lowest BCUT2D eigenvalue weighted by atomic mass is 10.0. The average molecular weight is 261 g/mol. The van der Waals surface area contributed by atoms with Crippen molar-refractivity contribution in [3.8, 4) is 0 Å². The molecule has 104 valence electrons. The smallest absolute Gasteiger partial charge is 0.251 e. The number of rotatable bonds is 3. The monoisotopic (exact) mass is 261 g/mol. The molecule has 0 aliphatic heterocycles. The molecule has 1 aromatic heterocycles. The summed E-state index contributed by atoms with van der Waals surface area (Å²) in [6, 6.07) is 3.82. The zero-order chi connectivity index (χ0) is 14.4. The van der Waals surface area contributed by atoms with E-state index in [0.29, 0.717) is 5.56 Å². The molecule has 1 fully saturated rings. The third-order valence-corrected chi connectivity index (χ3v) is 4.77. The van der Waals surface area contributed by atoms with E-state index in [-0.39, 0.29) is 22.8 Å². The van der Waals surface area contributed by atoms with E-state index in [1.54, 1.807) is 13.1 Å². The summed E-state index contributed by atoms with van der Waals surface area (Å²) >= 11 is 0. The fraction of sp³-hybridized carbons (Fsp3) is 0.600. The number of aromatic nitrogens is 1. The summed E-state index contributed by atoms with van der Waals surface area (Å²) in [7, 11) is 1.80. The molecule has 1 aliphatic rings. The maximum atomic E-state index is 12.3. The van der Waals surface area contributed by atoms with Gasteiger partial charge in [-0.2, -0.15) is 0 Å². The third kappa shape index (κ3) is 2.20. The maximum absolute atomic E-state index is 12.3. The first-order chi connectivity index (χ1) is 8.70. The summed E-state index contributed by atoms with van der Waals surface area (Å²) < 4.78 is 0. The van der Waals surface area contributed by atoms with Crippen LogP contribution in [-0.4, -0.2) is 24.0 Å². The molecule has 2 rings (SSSR count). The Morgan fingerprint density at radius 1 is 1.21 bits per heavy atom. The Morgan fingerprint density at radius 3 is 2.26 bits per heavy atom. The van der Waals surface area contributed by atoms with E-state index < -0.39 is 0 Å². The van der Waals surface area contributed by atoms with Crippen molar-refractivity contribution in [1.29, 1.82) is 0 Å². The molecule has 0 bridgehead atoms. The van der Waals surface area contributed by atoms with E-state index in [2.05, 4.69) is 43.3 Å². The Bertz CT molecular complexity index is 506. The van der Waals surface area contributed by atoms with Crippen molar-refractivity contribution < 1.29 is 4.79 Å². The van der Waals surface area contributed by atoms with Crippen LogP contribution >= 0.6 is 0 Å². The van der Waals surface area contributed by atoms with Crippen molar-refractivity contribution in [2.45, 2.75) is 40.7 Å². The zero-order valence-corrected chi connectivity index (χ0v) is 12.6. The second kappa shape index (κ2) is 4.22. The summed E-state index contributed by atoms with van der Waals surface area (Å²) in [6.45, 7) is 10.6. The summed E-state index contributed by atoms with van der Waals surface area (Å²) in [6.07, 6.45) is 0. The Kier molecular flexibility index (Phi) is 3.07. The first kappa shape index (κ1) is 13.8.